The Morgan fingerprint density at radius 2 is 2.16 bits per heavy atom. The number of quaternary nitrogens is 1. The average molecular weight is 263 g/mol. The van der Waals surface area contributed by atoms with Gasteiger partial charge in [-0.2, -0.15) is 0 Å². The van der Waals surface area contributed by atoms with Crippen molar-refractivity contribution in [1.82, 2.24) is 0 Å². The number of likely N-dealkylation sites (tertiary alicyclic amines) is 1. The lowest BCUT2D eigenvalue weighted by atomic mass is 10.1. The first-order valence-corrected chi connectivity index (χ1v) is 6.96. The van der Waals surface area contributed by atoms with Crippen molar-refractivity contribution >= 4 is 6.21 Å². The van der Waals surface area contributed by atoms with Gasteiger partial charge in [-0.15, -0.1) is 0 Å². The fourth-order valence-electron chi connectivity index (χ4n) is 2.46. The van der Waals surface area contributed by atoms with Crippen molar-refractivity contribution in [2.45, 2.75) is 25.8 Å². The molecule has 1 fully saturated rings. The van der Waals surface area contributed by atoms with Gasteiger partial charge in [-0.1, -0.05) is 0 Å². The van der Waals surface area contributed by atoms with Crippen molar-refractivity contribution in [3.63, 3.8) is 0 Å². The van der Waals surface area contributed by atoms with Crippen LogP contribution in [0.1, 0.15) is 25.3 Å². The number of methoxy groups -OCH3 is 1. The van der Waals surface area contributed by atoms with E-state index in [0.29, 0.717) is 6.04 Å². The molecule has 0 radical (unpaired) electrons. The lowest BCUT2D eigenvalue weighted by molar-refractivity contribution is -0.903. The number of aromatic hydroxyl groups is 1. The van der Waals surface area contributed by atoms with Crippen LogP contribution in [-0.2, 0) is 0 Å². The third-order valence-electron chi connectivity index (χ3n) is 3.82. The molecule has 1 saturated heterocycles. The Morgan fingerprint density at radius 1 is 1.42 bits per heavy atom. The SMILES string of the molecule is CC[NH+]1CCC(N=Cc2cc(OC)ccc2O)CC1. The Labute approximate surface area is 114 Å². The van der Waals surface area contributed by atoms with Gasteiger partial charge in [-0.05, 0) is 25.1 Å². The van der Waals surface area contributed by atoms with Gasteiger partial charge in [0.15, 0.2) is 0 Å². The third kappa shape index (κ3) is 3.70. The van der Waals surface area contributed by atoms with Crippen LogP contribution in [0.15, 0.2) is 23.2 Å². The van der Waals surface area contributed by atoms with Crippen LogP contribution in [0.3, 0.4) is 0 Å². The van der Waals surface area contributed by atoms with Crippen LogP contribution < -0.4 is 9.64 Å². The predicted molar refractivity (Wildman–Crippen MR) is 76.5 cm³/mol. The molecule has 1 aromatic rings. The molecule has 0 spiro atoms. The van der Waals surface area contributed by atoms with Gasteiger partial charge < -0.3 is 14.7 Å². The van der Waals surface area contributed by atoms with Crippen molar-refractivity contribution in [3.05, 3.63) is 23.8 Å². The maximum Gasteiger partial charge on any atom is 0.124 e. The molecule has 4 nitrogen and oxygen atoms in total. The van der Waals surface area contributed by atoms with Crippen LogP contribution in [0, 0.1) is 0 Å². The fourth-order valence-corrected chi connectivity index (χ4v) is 2.46. The summed E-state index contributed by atoms with van der Waals surface area (Å²) in [6.45, 7) is 5.82. The van der Waals surface area contributed by atoms with Crippen LogP contribution in [0.4, 0.5) is 0 Å². The molecule has 0 bridgehead atoms. The van der Waals surface area contributed by atoms with E-state index in [2.05, 4.69) is 11.9 Å². The first kappa shape index (κ1) is 13.9. The zero-order chi connectivity index (χ0) is 13.7. The Morgan fingerprint density at radius 3 is 2.79 bits per heavy atom. The Kier molecular flexibility index (Phi) is 4.80. The second-order valence-electron chi connectivity index (χ2n) is 5.04. The lowest BCUT2D eigenvalue weighted by Crippen LogP contribution is -3.12. The van der Waals surface area contributed by atoms with Gasteiger partial charge in [0.1, 0.15) is 11.5 Å². The molecule has 0 aliphatic carbocycles. The highest BCUT2D eigenvalue weighted by Crippen LogP contribution is 2.21. The minimum Gasteiger partial charge on any atom is -0.507 e. The van der Waals surface area contributed by atoms with Gasteiger partial charge in [0.2, 0.25) is 0 Å². The highest BCUT2D eigenvalue weighted by atomic mass is 16.5. The zero-order valence-corrected chi connectivity index (χ0v) is 11.7. The summed E-state index contributed by atoms with van der Waals surface area (Å²) in [5, 5.41) is 9.79. The van der Waals surface area contributed by atoms with E-state index in [1.807, 2.05) is 6.07 Å². The van der Waals surface area contributed by atoms with Crippen molar-refractivity contribution in [3.8, 4) is 11.5 Å². The Hall–Kier alpha value is -1.55. The number of nitrogens with zero attached hydrogens (tertiary/aromatic N) is 1. The number of phenolic OH excluding ortho intramolecular Hbond substituents is 1. The minimum absolute atomic E-state index is 0.251. The summed E-state index contributed by atoms with van der Waals surface area (Å²) < 4.78 is 5.15. The minimum atomic E-state index is 0.251. The monoisotopic (exact) mass is 263 g/mol. The highest BCUT2D eigenvalue weighted by Gasteiger charge is 2.19. The van der Waals surface area contributed by atoms with Gasteiger partial charge in [0.25, 0.3) is 0 Å². The highest BCUT2D eigenvalue weighted by molar-refractivity contribution is 5.84. The molecule has 2 N–H and O–H groups in total. The molecule has 4 heteroatoms. The van der Waals surface area contributed by atoms with E-state index in [1.54, 1.807) is 30.4 Å². The number of nitrogens with one attached hydrogen (secondary N) is 1. The largest absolute Gasteiger partial charge is 0.507 e. The quantitative estimate of drug-likeness (QED) is 0.792. The number of benzene rings is 1. The zero-order valence-electron chi connectivity index (χ0n) is 11.7. The van der Waals surface area contributed by atoms with Crippen molar-refractivity contribution in [1.29, 1.82) is 0 Å². The maximum absolute atomic E-state index is 9.79. The number of piperidine rings is 1. The Balaban J connectivity index is 1.99. The van der Waals surface area contributed by atoms with Crippen LogP contribution in [-0.4, -0.2) is 44.1 Å². The van der Waals surface area contributed by atoms with Crippen LogP contribution in [0.2, 0.25) is 0 Å². The van der Waals surface area contributed by atoms with E-state index < -0.39 is 0 Å². The first-order chi connectivity index (χ1) is 9.22. The normalized spacial score (nSPS) is 23.7. The molecule has 0 atom stereocenters. The molecule has 0 amide bonds. The van der Waals surface area contributed by atoms with Crippen molar-refractivity contribution in [2.24, 2.45) is 4.99 Å². The molecular weight excluding hydrogens is 240 g/mol. The van der Waals surface area contributed by atoms with E-state index in [0.717, 1.165) is 24.2 Å². The molecule has 1 aliphatic heterocycles. The molecule has 0 unspecified atom stereocenters. The standard InChI is InChI=1S/C15H22N2O2/c1-3-17-8-6-13(7-9-17)16-11-12-10-14(19-2)4-5-15(12)18/h4-5,10-11,13,18H,3,6-9H2,1-2H3/p+1. The summed E-state index contributed by atoms with van der Waals surface area (Å²) in [6, 6.07) is 5.59. The molecule has 104 valence electrons. The summed E-state index contributed by atoms with van der Waals surface area (Å²) in [5.41, 5.74) is 0.726. The van der Waals surface area contributed by atoms with Gasteiger partial charge in [-0.25, -0.2) is 0 Å². The average Bonchev–Trinajstić information content (AvgIpc) is 2.47. The van der Waals surface area contributed by atoms with E-state index in [9.17, 15) is 5.11 Å². The molecule has 1 heterocycles. The smallest absolute Gasteiger partial charge is 0.124 e. The molecule has 19 heavy (non-hydrogen) atoms. The lowest BCUT2D eigenvalue weighted by Gasteiger charge is -2.26. The van der Waals surface area contributed by atoms with E-state index in [-0.39, 0.29) is 5.75 Å². The predicted octanol–water partition coefficient (Wildman–Crippen LogP) is 0.887. The summed E-state index contributed by atoms with van der Waals surface area (Å²) in [4.78, 5) is 6.27. The molecule has 1 aliphatic rings. The summed E-state index contributed by atoms with van der Waals surface area (Å²) in [6.07, 6.45) is 4.04. The number of hydrogen-bond donors (Lipinski definition) is 2. The second-order valence-corrected chi connectivity index (χ2v) is 5.04. The molecule has 0 aromatic heterocycles. The summed E-state index contributed by atoms with van der Waals surface area (Å²) in [7, 11) is 1.62. The van der Waals surface area contributed by atoms with E-state index in [1.165, 1.54) is 19.6 Å². The Bertz CT molecular complexity index is 438. The van der Waals surface area contributed by atoms with Crippen LogP contribution in [0.25, 0.3) is 0 Å². The van der Waals surface area contributed by atoms with E-state index in [4.69, 9.17) is 4.74 Å². The van der Waals surface area contributed by atoms with Gasteiger partial charge in [0.05, 0.1) is 32.8 Å². The number of hydrogen-bond acceptors (Lipinski definition) is 3. The van der Waals surface area contributed by atoms with Gasteiger partial charge in [-0.3, -0.25) is 4.99 Å². The second kappa shape index (κ2) is 6.57. The van der Waals surface area contributed by atoms with Crippen LogP contribution >= 0.6 is 0 Å². The van der Waals surface area contributed by atoms with E-state index >= 15 is 0 Å². The molecule has 0 saturated carbocycles. The first-order valence-electron chi connectivity index (χ1n) is 6.96. The fraction of sp³-hybridized carbons (Fsp3) is 0.533. The number of rotatable bonds is 4. The summed E-state index contributed by atoms with van der Waals surface area (Å²) >= 11 is 0. The van der Waals surface area contributed by atoms with Gasteiger partial charge in [0, 0.05) is 24.6 Å². The molecule has 2 rings (SSSR count). The molecule has 1 aromatic carbocycles. The summed E-state index contributed by atoms with van der Waals surface area (Å²) in [5.74, 6) is 0.991. The maximum atomic E-state index is 9.79. The molecular formula is C15H23N2O2+. The third-order valence-corrected chi connectivity index (χ3v) is 3.82. The van der Waals surface area contributed by atoms with Crippen molar-refractivity contribution in [2.75, 3.05) is 26.7 Å². The number of aliphatic imine (C=N–C) groups is 1. The van der Waals surface area contributed by atoms with Crippen LogP contribution in [0.5, 0.6) is 11.5 Å². The van der Waals surface area contributed by atoms with Gasteiger partial charge >= 0.3 is 0 Å². The number of ether oxygens (including phenoxy) is 1. The van der Waals surface area contributed by atoms with Crippen molar-refractivity contribution < 1.29 is 14.7 Å². The topological polar surface area (TPSA) is 46.3 Å². The number of phenols is 1.